The first-order valence-electron chi connectivity index (χ1n) is 6.61. The van der Waals surface area contributed by atoms with E-state index in [2.05, 4.69) is 22.4 Å². The van der Waals surface area contributed by atoms with Gasteiger partial charge in [-0.2, -0.15) is 0 Å². The molecule has 0 bridgehead atoms. The molecular formula is C12H26N4O. The largest absolute Gasteiger partial charge is 0.409 e. The van der Waals surface area contributed by atoms with E-state index in [4.69, 9.17) is 10.9 Å². The summed E-state index contributed by atoms with van der Waals surface area (Å²) >= 11 is 0. The number of nitrogens with one attached hydrogen (secondary N) is 1. The Kier molecular flexibility index (Phi) is 6.96. The maximum absolute atomic E-state index is 8.38. The molecule has 0 radical (unpaired) electrons. The number of amidine groups is 1. The van der Waals surface area contributed by atoms with Crippen molar-refractivity contribution < 1.29 is 5.21 Å². The molecule has 1 saturated heterocycles. The van der Waals surface area contributed by atoms with Crippen molar-refractivity contribution in [3.63, 3.8) is 0 Å². The van der Waals surface area contributed by atoms with Crippen LogP contribution in [0, 0.1) is 0 Å². The monoisotopic (exact) mass is 242 g/mol. The smallest absolute Gasteiger partial charge is 0.139 e. The highest BCUT2D eigenvalue weighted by Gasteiger charge is 2.17. The third kappa shape index (κ3) is 5.89. The molecule has 1 aliphatic rings. The Morgan fingerprint density at radius 3 is 3.00 bits per heavy atom. The van der Waals surface area contributed by atoms with Crippen LogP contribution in [0.5, 0.6) is 0 Å². The zero-order chi connectivity index (χ0) is 12.5. The molecule has 0 saturated carbocycles. The van der Waals surface area contributed by atoms with Crippen LogP contribution in [-0.4, -0.2) is 48.7 Å². The maximum Gasteiger partial charge on any atom is 0.139 e. The standard InChI is InChI=1S/C12H26N4O/c1-16-9-5-3-6-11(16)10-14-8-4-2-7-12(13)15-17/h11,14,17H,2-10H2,1H3,(H2,13,15). The first-order chi connectivity index (χ1) is 8.24. The summed E-state index contributed by atoms with van der Waals surface area (Å²) in [5.41, 5.74) is 5.40. The molecule has 1 aliphatic heterocycles. The van der Waals surface area contributed by atoms with Gasteiger partial charge in [-0.15, -0.1) is 0 Å². The molecule has 0 aromatic carbocycles. The van der Waals surface area contributed by atoms with E-state index in [0.717, 1.165) is 25.9 Å². The van der Waals surface area contributed by atoms with E-state index in [-0.39, 0.29) is 0 Å². The van der Waals surface area contributed by atoms with Crippen LogP contribution in [0.2, 0.25) is 0 Å². The van der Waals surface area contributed by atoms with Crippen molar-refractivity contribution in [1.82, 2.24) is 10.2 Å². The molecule has 1 heterocycles. The van der Waals surface area contributed by atoms with Crippen molar-refractivity contribution in [3.8, 4) is 0 Å². The highest BCUT2D eigenvalue weighted by atomic mass is 16.4. The minimum Gasteiger partial charge on any atom is -0.409 e. The highest BCUT2D eigenvalue weighted by molar-refractivity contribution is 5.79. The predicted molar refractivity (Wildman–Crippen MR) is 70.4 cm³/mol. The number of nitrogens with two attached hydrogens (primary N) is 1. The second kappa shape index (κ2) is 8.31. The minimum absolute atomic E-state index is 0.331. The summed E-state index contributed by atoms with van der Waals surface area (Å²) in [6, 6.07) is 0.702. The van der Waals surface area contributed by atoms with Crippen molar-refractivity contribution in [3.05, 3.63) is 0 Å². The number of nitrogens with zero attached hydrogens (tertiary/aromatic N) is 2. The Morgan fingerprint density at radius 2 is 2.29 bits per heavy atom. The maximum atomic E-state index is 8.38. The molecule has 1 atom stereocenters. The Hall–Kier alpha value is -0.810. The topological polar surface area (TPSA) is 73.9 Å². The van der Waals surface area contributed by atoms with Crippen molar-refractivity contribution in [2.24, 2.45) is 10.9 Å². The lowest BCUT2D eigenvalue weighted by atomic mass is 10.0. The fraction of sp³-hybridized carbons (Fsp3) is 0.917. The number of oxime groups is 1. The number of unbranched alkanes of at least 4 members (excludes halogenated alkanes) is 1. The molecule has 0 aromatic heterocycles. The molecule has 0 amide bonds. The van der Waals surface area contributed by atoms with Crippen molar-refractivity contribution in [1.29, 1.82) is 0 Å². The molecule has 100 valence electrons. The number of hydrogen-bond donors (Lipinski definition) is 3. The summed E-state index contributed by atoms with van der Waals surface area (Å²) in [7, 11) is 2.21. The SMILES string of the molecule is CN1CCCCC1CNCCCCC(N)=NO. The predicted octanol–water partition coefficient (Wildman–Crippen LogP) is 0.977. The van der Waals surface area contributed by atoms with E-state index in [1.165, 1.54) is 25.8 Å². The third-order valence-electron chi connectivity index (χ3n) is 3.47. The Labute approximate surface area is 104 Å². The summed E-state index contributed by atoms with van der Waals surface area (Å²) in [5, 5.41) is 14.8. The van der Waals surface area contributed by atoms with Crippen LogP contribution in [0.25, 0.3) is 0 Å². The van der Waals surface area contributed by atoms with Gasteiger partial charge in [0.25, 0.3) is 0 Å². The van der Waals surface area contributed by atoms with E-state index in [0.29, 0.717) is 18.3 Å². The van der Waals surface area contributed by atoms with E-state index < -0.39 is 0 Å². The van der Waals surface area contributed by atoms with Gasteiger partial charge in [-0.1, -0.05) is 11.6 Å². The lowest BCUT2D eigenvalue weighted by molar-refractivity contribution is 0.181. The second-order valence-electron chi connectivity index (χ2n) is 4.88. The molecule has 1 fully saturated rings. The van der Waals surface area contributed by atoms with Gasteiger partial charge in [0.15, 0.2) is 0 Å². The van der Waals surface area contributed by atoms with Crippen LogP contribution in [0.3, 0.4) is 0 Å². The van der Waals surface area contributed by atoms with Gasteiger partial charge < -0.3 is 21.2 Å². The van der Waals surface area contributed by atoms with Crippen molar-refractivity contribution in [2.75, 3.05) is 26.7 Å². The van der Waals surface area contributed by atoms with Crippen LogP contribution in [0.1, 0.15) is 38.5 Å². The fourth-order valence-electron chi connectivity index (χ4n) is 2.28. The van der Waals surface area contributed by atoms with Gasteiger partial charge in [0, 0.05) is 19.0 Å². The first kappa shape index (κ1) is 14.3. The van der Waals surface area contributed by atoms with E-state index >= 15 is 0 Å². The molecule has 1 rings (SSSR count). The Bertz CT molecular complexity index is 233. The average molecular weight is 242 g/mol. The molecular weight excluding hydrogens is 216 g/mol. The summed E-state index contributed by atoms with van der Waals surface area (Å²) in [6.45, 7) is 3.33. The molecule has 5 heteroatoms. The minimum atomic E-state index is 0.331. The molecule has 0 spiro atoms. The van der Waals surface area contributed by atoms with Gasteiger partial charge in [-0.25, -0.2) is 0 Å². The third-order valence-corrected chi connectivity index (χ3v) is 3.47. The molecule has 4 N–H and O–H groups in total. The Balaban J connectivity index is 1.96. The lowest BCUT2D eigenvalue weighted by Crippen LogP contribution is -2.43. The fourth-order valence-corrected chi connectivity index (χ4v) is 2.28. The van der Waals surface area contributed by atoms with Gasteiger partial charge >= 0.3 is 0 Å². The van der Waals surface area contributed by atoms with E-state index in [1.54, 1.807) is 0 Å². The zero-order valence-electron chi connectivity index (χ0n) is 10.9. The van der Waals surface area contributed by atoms with Crippen molar-refractivity contribution in [2.45, 2.75) is 44.6 Å². The zero-order valence-corrected chi connectivity index (χ0v) is 10.9. The molecule has 0 aromatic rings. The number of likely N-dealkylation sites (tertiary alicyclic amines) is 1. The van der Waals surface area contributed by atoms with Crippen LogP contribution in [-0.2, 0) is 0 Å². The van der Waals surface area contributed by atoms with Gasteiger partial charge in [0.05, 0.1) is 0 Å². The lowest BCUT2D eigenvalue weighted by Gasteiger charge is -2.32. The van der Waals surface area contributed by atoms with Gasteiger partial charge in [-0.3, -0.25) is 0 Å². The second-order valence-corrected chi connectivity index (χ2v) is 4.88. The number of piperidine rings is 1. The van der Waals surface area contributed by atoms with Crippen LogP contribution in [0.4, 0.5) is 0 Å². The normalized spacial score (nSPS) is 22.9. The van der Waals surface area contributed by atoms with Crippen LogP contribution >= 0.6 is 0 Å². The van der Waals surface area contributed by atoms with E-state index in [9.17, 15) is 0 Å². The van der Waals surface area contributed by atoms with E-state index in [1.807, 2.05) is 0 Å². The van der Waals surface area contributed by atoms with Gasteiger partial charge in [0.2, 0.25) is 0 Å². The first-order valence-corrected chi connectivity index (χ1v) is 6.61. The molecule has 5 nitrogen and oxygen atoms in total. The van der Waals surface area contributed by atoms with Gasteiger partial charge in [0.1, 0.15) is 5.84 Å². The van der Waals surface area contributed by atoms with Gasteiger partial charge in [-0.05, 0) is 45.8 Å². The Morgan fingerprint density at radius 1 is 1.47 bits per heavy atom. The summed E-state index contributed by atoms with van der Waals surface area (Å²) in [4.78, 5) is 2.45. The molecule has 17 heavy (non-hydrogen) atoms. The number of likely N-dealkylation sites (N-methyl/N-ethyl adjacent to an activating group) is 1. The summed E-state index contributed by atoms with van der Waals surface area (Å²) in [5.74, 6) is 0.331. The van der Waals surface area contributed by atoms with Crippen LogP contribution in [0.15, 0.2) is 5.16 Å². The average Bonchev–Trinajstić information content (AvgIpc) is 2.35. The summed E-state index contributed by atoms with van der Waals surface area (Å²) in [6.07, 6.45) is 6.75. The highest BCUT2D eigenvalue weighted by Crippen LogP contribution is 2.13. The number of hydrogen-bond acceptors (Lipinski definition) is 4. The number of rotatable bonds is 7. The van der Waals surface area contributed by atoms with Crippen molar-refractivity contribution >= 4 is 5.84 Å². The quantitative estimate of drug-likeness (QED) is 0.204. The van der Waals surface area contributed by atoms with Crippen LogP contribution < -0.4 is 11.1 Å². The molecule has 1 unspecified atom stereocenters. The molecule has 0 aliphatic carbocycles. The summed E-state index contributed by atoms with van der Waals surface area (Å²) < 4.78 is 0.